The Morgan fingerprint density at radius 2 is 1.28 bits per heavy atom. The van der Waals surface area contributed by atoms with Crippen LogP contribution in [0.1, 0.15) is 76.6 Å². The van der Waals surface area contributed by atoms with Gasteiger partial charge in [-0.15, -0.1) is 0 Å². The number of carboxylic acid groups (broad SMARTS) is 1. The van der Waals surface area contributed by atoms with E-state index in [2.05, 4.69) is 43.6 Å². The third-order valence-electron chi connectivity index (χ3n) is 4.72. The fourth-order valence-corrected chi connectivity index (χ4v) is 7.73. The molecule has 0 amide bonds. The first-order chi connectivity index (χ1) is 11.9. The monoisotopic (exact) mass is 431 g/mol. The zero-order valence-electron chi connectivity index (χ0n) is 16.6. The zero-order valence-corrected chi connectivity index (χ0v) is 19.0. The normalized spacial score (nSPS) is 10.9. The van der Waals surface area contributed by atoms with E-state index in [4.69, 9.17) is 5.11 Å². The number of benzene rings is 1. The highest BCUT2D eigenvalue weighted by Gasteiger charge is 2.32. The second kappa shape index (κ2) is 14.7. The second-order valence-corrected chi connectivity index (χ2v) is 12.3. The summed E-state index contributed by atoms with van der Waals surface area (Å²) < 4.78 is 0.887. The molecule has 144 valence electrons. The molecule has 0 bridgehead atoms. The minimum atomic E-state index is -0.896. The number of hydrogen-bond acceptors (Lipinski definition) is 1. The van der Waals surface area contributed by atoms with E-state index >= 15 is 0 Å². The summed E-state index contributed by atoms with van der Waals surface area (Å²) in [5.74, 6) is -0.896. The van der Waals surface area contributed by atoms with E-state index in [1.165, 1.54) is 44.7 Å². The van der Waals surface area contributed by atoms with Crippen LogP contribution in [0.3, 0.4) is 0 Å². The molecule has 1 aromatic rings. The maximum atomic E-state index is 10.3. The summed E-state index contributed by atoms with van der Waals surface area (Å²) in [7, 11) is -0.527. The van der Waals surface area contributed by atoms with Crippen LogP contribution in [0.15, 0.2) is 28.7 Å². The molecule has 0 atom stereocenters. The quantitative estimate of drug-likeness (QED) is 0.366. The Morgan fingerprint density at radius 1 is 0.880 bits per heavy atom. The van der Waals surface area contributed by atoms with Crippen LogP contribution in [-0.4, -0.2) is 35.7 Å². The van der Waals surface area contributed by atoms with Crippen LogP contribution in [0.25, 0.3) is 0 Å². The number of rotatable bonds is 11. The van der Waals surface area contributed by atoms with Crippen LogP contribution >= 0.6 is 23.2 Å². The lowest BCUT2D eigenvalue weighted by molar-refractivity contribution is 0.0697. The molecular formula is C21H37BrO2P+. The van der Waals surface area contributed by atoms with Gasteiger partial charge in [-0.1, -0.05) is 56.0 Å². The van der Waals surface area contributed by atoms with Gasteiger partial charge in [0.15, 0.2) is 0 Å². The molecule has 0 aliphatic carbocycles. The fourth-order valence-electron chi connectivity index (χ4n) is 2.88. The average molecular weight is 432 g/mol. The highest BCUT2D eigenvalue weighted by atomic mass is 79.9. The molecule has 1 N–H and O–H groups in total. The van der Waals surface area contributed by atoms with E-state index in [-0.39, 0.29) is 0 Å². The van der Waals surface area contributed by atoms with Crippen LogP contribution in [0.5, 0.6) is 0 Å². The van der Waals surface area contributed by atoms with Gasteiger partial charge in [-0.2, -0.15) is 0 Å². The van der Waals surface area contributed by atoms with Crippen LogP contribution in [0.2, 0.25) is 0 Å². The molecule has 0 aliphatic rings. The third-order valence-corrected chi connectivity index (χ3v) is 10.4. The van der Waals surface area contributed by atoms with E-state index in [1.807, 2.05) is 0 Å². The molecule has 0 unspecified atom stereocenters. The minimum absolute atomic E-state index is 0.309. The fraction of sp³-hybridized carbons (Fsp3) is 0.667. The summed E-state index contributed by atoms with van der Waals surface area (Å²) in [6.07, 6.45) is 14.9. The molecule has 1 aromatic carbocycles. The molecular weight excluding hydrogens is 395 g/mol. The number of halogens is 1. The maximum Gasteiger partial charge on any atom is 0.335 e. The lowest BCUT2D eigenvalue weighted by Crippen LogP contribution is -2.11. The Morgan fingerprint density at radius 3 is 1.56 bits per heavy atom. The summed E-state index contributed by atoms with van der Waals surface area (Å²) in [6.45, 7) is 9.46. The van der Waals surface area contributed by atoms with Crippen LogP contribution in [-0.2, 0) is 0 Å². The lowest BCUT2D eigenvalue weighted by atomic mass is 10.2. The van der Waals surface area contributed by atoms with Gasteiger partial charge in [0.05, 0.1) is 30.2 Å². The first-order valence-electron chi connectivity index (χ1n) is 9.78. The van der Waals surface area contributed by atoms with E-state index < -0.39 is 13.2 Å². The number of carbonyl (C=O) groups is 1. The van der Waals surface area contributed by atoms with E-state index in [0.29, 0.717) is 5.56 Å². The first kappa shape index (κ1) is 24.6. The van der Waals surface area contributed by atoms with Crippen molar-refractivity contribution in [1.29, 1.82) is 0 Å². The van der Waals surface area contributed by atoms with Gasteiger partial charge < -0.3 is 5.11 Å². The van der Waals surface area contributed by atoms with Gasteiger partial charge in [0, 0.05) is 11.7 Å². The molecule has 25 heavy (non-hydrogen) atoms. The average Bonchev–Trinajstić information content (AvgIpc) is 2.62. The van der Waals surface area contributed by atoms with Gasteiger partial charge in [0.25, 0.3) is 0 Å². The predicted molar refractivity (Wildman–Crippen MR) is 118 cm³/mol. The SMILES string of the molecule is CCCC[P+](CC)(CCCC)CCCC.O=C(O)c1ccc(Br)cc1. The van der Waals surface area contributed by atoms with Crippen molar-refractivity contribution in [3.8, 4) is 0 Å². The number of unbranched alkanes of at least 4 members (excludes halogenated alkanes) is 3. The summed E-state index contributed by atoms with van der Waals surface area (Å²) in [5.41, 5.74) is 0.309. The van der Waals surface area contributed by atoms with Crippen molar-refractivity contribution in [2.45, 2.75) is 66.2 Å². The van der Waals surface area contributed by atoms with Crippen molar-refractivity contribution in [2.24, 2.45) is 0 Å². The standard InChI is InChI=1S/C14H32P.C7H5BrO2/c1-5-9-12-15(8-4,13-10-6-2)14-11-7-3;8-6-3-1-5(2-4-6)7(9)10/h5-14H2,1-4H3;1-4H,(H,9,10)/q+1;. The number of hydrogen-bond donors (Lipinski definition) is 1. The van der Waals surface area contributed by atoms with Gasteiger partial charge in [-0.3, -0.25) is 0 Å². The smallest absolute Gasteiger partial charge is 0.335 e. The maximum absolute atomic E-state index is 10.3. The molecule has 0 spiro atoms. The van der Waals surface area contributed by atoms with Gasteiger partial charge in [-0.05, 0) is 50.5 Å². The molecule has 0 aromatic heterocycles. The molecule has 0 radical (unpaired) electrons. The van der Waals surface area contributed by atoms with Crippen molar-refractivity contribution in [2.75, 3.05) is 24.6 Å². The lowest BCUT2D eigenvalue weighted by Gasteiger charge is -2.26. The Bertz CT molecular complexity index is 438. The van der Waals surface area contributed by atoms with E-state index in [9.17, 15) is 4.79 Å². The molecule has 4 heteroatoms. The summed E-state index contributed by atoms with van der Waals surface area (Å²) in [6, 6.07) is 6.49. The van der Waals surface area contributed by atoms with Crippen molar-refractivity contribution in [3.63, 3.8) is 0 Å². The second-order valence-electron chi connectivity index (χ2n) is 6.70. The van der Waals surface area contributed by atoms with Gasteiger partial charge in [0.2, 0.25) is 0 Å². The Labute approximate surface area is 164 Å². The molecule has 0 saturated heterocycles. The third kappa shape index (κ3) is 11.0. The highest BCUT2D eigenvalue weighted by Crippen LogP contribution is 2.60. The molecule has 0 saturated carbocycles. The van der Waals surface area contributed by atoms with E-state index in [1.54, 1.807) is 42.8 Å². The van der Waals surface area contributed by atoms with Crippen molar-refractivity contribution in [3.05, 3.63) is 34.3 Å². The molecule has 2 nitrogen and oxygen atoms in total. The van der Waals surface area contributed by atoms with Crippen LogP contribution in [0, 0.1) is 0 Å². The van der Waals surface area contributed by atoms with Gasteiger partial charge >= 0.3 is 5.97 Å². The van der Waals surface area contributed by atoms with Crippen LogP contribution in [0.4, 0.5) is 0 Å². The van der Waals surface area contributed by atoms with Crippen LogP contribution < -0.4 is 0 Å². The minimum Gasteiger partial charge on any atom is -0.478 e. The highest BCUT2D eigenvalue weighted by molar-refractivity contribution is 9.10. The Kier molecular flexibility index (Phi) is 14.5. The van der Waals surface area contributed by atoms with Crippen molar-refractivity contribution < 1.29 is 9.90 Å². The zero-order chi connectivity index (χ0) is 19.1. The molecule has 1 rings (SSSR count). The number of carboxylic acids is 1. The molecule has 0 aliphatic heterocycles. The predicted octanol–water partition coefficient (Wildman–Crippen LogP) is 7.57. The summed E-state index contributed by atoms with van der Waals surface area (Å²) >= 11 is 3.20. The van der Waals surface area contributed by atoms with E-state index in [0.717, 1.165) is 4.47 Å². The topological polar surface area (TPSA) is 37.3 Å². The first-order valence-corrected chi connectivity index (χ1v) is 13.1. The van der Waals surface area contributed by atoms with Crippen molar-refractivity contribution in [1.82, 2.24) is 0 Å². The summed E-state index contributed by atoms with van der Waals surface area (Å²) in [4.78, 5) is 10.3. The Balaban J connectivity index is 0.000000496. The number of aromatic carboxylic acids is 1. The molecule has 0 fully saturated rings. The van der Waals surface area contributed by atoms with Gasteiger partial charge in [0.1, 0.15) is 0 Å². The molecule has 0 heterocycles. The Hall–Kier alpha value is -0.400. The van der Waals surface area contributed by atoms with Gasteiger partial charge in [-0.25, -0.2) is 4.79 Å². The van der Waals surface area contributed by atoms with Crippen molar-refractivity contribution >= 4 is 29.2 Å². The summed E-state index contributed by atoms with van der Waals surface area (Å²) in [5, 5.41) is 8.46. The largest absolute Gasteiger partial charge is 0.478 e.